The molecule has 29 heavy (non-hydrogen) atoms. The van der Waals surface area contributed by atoms with E-state index in [0.29, 0.717) is 17.0 Å². The summed E-state index contributed by atoms with van der Waals surface area (Å²) >= 11 is 0. The number of imide groups is 1. The van der Waals surface area contributed by atoms with Gasteiger partial charge < -0.3 is 5.32 Å². The van der Waals surface area contributed by atoms with Gasteiger partial charge in [0.1, 0.15) is 6.04 Å². The van der Waals surface area contributed by atoms with Crippen LogP contribution in [0.1, 0.15) is 59.9 Å². The van der Waals surface area contributed by atoms with Crippen LogP contribution in [0, 0.1) is 5.92 Å². The zero-order chi connectivity index (χ0) is 21.0. The summed E-state index contributed by atoms with van der Waals surface area (Å²) in [5.74, 6) is -0.557. The monoisotopic (exact) mass is 392 g/mol. The zero-order valence-corrected chi connectivity index (χ0v) is 17.2. The molecule has 1 aliphatic heterocycles. The minimum atomic E-state index is -0.883. The van der Waals surface area contributed by atoms with Crippen molar-refractivity contribution in [2.24, 2.45) is 5.92 Å². The summed E-state index contributed by atoms with van der Waals surface area (Å²) in [4.78, 5) is 40.2. The molecule has 2 aromatic carbocycles. The number of hydrogen-bond acceptors (Lipinski definition) is 3. The number of rotatable bonds is 8. The van der Waals surface area contributed by atoms with Crippen molar-refractivity contribution in [1.82, 2.24) is 10.2 Å². The normalized spacial score (nSPS) is 15.4. The van der Waals surface area contributed by atoms with E-state index in [1.807, 2.05) is 37.3 Å². The summed E-state index contributed by atoms with van der Waals surface area (Å²) in [6.07, 6.45) is 2.14. The highest BCUT2D eigenvalue weighted by molar-refractivity contribution is 6.22. The number of hydrogen-bond donors (Lipinski definition) is 1. The van der Waals surface area contributed by atoms with Gasteiger partial charge in [-0.15, -0.1) is 0 Å². The molecule has 3 rings (SSSR count). The molecule has 5 heteroatoms. The zero-order valence-electron chi connectivity index (χ0n) is 17.2. The molecule has 0 fully saturated rings. The van der Waals surface area contributed by atoms with Gasteiger partial charge in [0.2, 0.25) is 5.91 Å². The molecule has 1 heterocycles. The van der Waals surface area contributed by atoms with Gasteiger partial charge in [-0.05, 0) is 43.4 Å². The fourth-order valence-electron chi connectivity index (χ4n) is 3.62. The van der Waals surface area contributed by atoms with Crippen LogP contribution in [0.5, 0.6) is 0 Å². The van der Waals surface area contributed by atoms with Gasteiger partial charge in [0.25, 0.3) is 11.8 Å². The number of amides is 3. The molecule has 0 spiro atoms. The Morgan fingerprint density at radius 1 is 0.862 bits per heavy atom. The lowest BCUT2D eigenvalue weighted by Crippen LogP contribution is -2.52. The second-order valence-corrected chi connectivity index (χ2v) is 8.11. The number of benzene rings is 2. The van der Waals surface area contributed by atoms with E-state index in [2.05, 4.69) is 19.2 Å². The van der Waals surface area contributed by atoms with E-state index in [4.69, 9.17) is 0 Å². The first kappa shape index (κ1) is 20.8. The second-order valence-electron chi connectivity index (χ2n) is 8.11. The minimum absolute atomic E-state index is 0.0293. The Hall–Kier alpha value is -2.95. The molecule has 2 aromatic rings. The molecule has 5 nitrogen and oxygen atoms in total. The van der Waals surface area contributed by atoms with Crippen LogP contribution >= 0.6 is 0 Å². The lowest BCUT2D eigenvalue weighted by molar-refractivity contribution is -0.125. The first-order valence-corrected chi connectivity index (χ1v) is 10.2. The quantitative estimate of drug-likeness (QED) is 0.694. The molecule has 0 aliphatic carbocycles. The summed E-state index contributed by atoms with van der Waals surface area (Å²) in [6.45, 7) is 6.25. The Bertz CT molecular complexity index is 857. The SMILES string of the molecule is CC(C)CC[C@@H](C)NC(=O)[C@H](Cc1ccccc1)N1C(=O)c2ccccc2C1=O. The molecule has 0 saturated heterocycles. The highest BCUT2D eigenvalue weighted by atomic mass is 16.2. The van der Waals surface area contributed by atoms with Gasteiger partial charge in [-0.2, -0.15) is 0 Å². The topological polar surface area (TPSA) is 66.5 Å². The van der Waals surface area contributed by atoms with Gasteiger partial charge >= 0.3 is 0 Å². The summed E-state index contributed by atoms with van der Waals surface area (Å²) in [7, 11) is 0. The molecule has 152 valence electrons. The van der Waals surface area contributed by atoms with Crippen LogP contribution in [0.3, 0.4) is 0 Å². The van der Waals surface area contributed by atoms with Crippen molar-refractivity contribution in [1.29, 1.82) is 0 Å². The Kier molecular flexibility index (Phi) is 6.47. The molecule has 1 N–H and O–H groups in total. The van der Waals surface area contributed by atoms with Crippen molar-refractivity contribution >= 4 is 17.7 Å². The van der Waals surface area contributed by atoms with Gasteiger partial charge in [-0.1, -0.05) is 56.3 Å². The number of nitrogens with zero attached hydrogens (tertiary/aromatic N) is 1. The maximum absolute atomic E-state index is 13.2. The number of fused-ring (bicyclic) bond motifs is 1. The number of carbonyl (C=O) groups is 3. The molecular weight excluding hydrogens is 364 g/mol. The highest BCUT2D eigenvalue weighted by Gasteiger charge is 2.42. The fraction of sp³-hybridized carbons (Fsp3) is 0.375. The van der Waals surface area contributed by atoms with Crippen LogP contribution in [0.15, 0.2) is 54.6 Å². The summed E-state index contributed by atoms with van der Waals surface area (Å²) in [6, 6.07) is 15.3. The van der Waals surface area contributed by atoms with Crippen LogP contribution in [-0.4, -0.2) is 34.7 Å². The van der Waals surface area contributed by atoms with Crippen LogP contribution < -0.4 is 5.32 Å². The first-order chi connectivity index (χ1) is 13.9. The molecule has 1 aliphatic rings. The van der Waals surface area contributed by atoms with Crippen molar-refractivity contribution in [3.63, 3.8) is 0 Å². The predicted molar refractivity (Wildman–Crippen MR) is 113 cm³/mol. The second kappa shape index (κ2) is 9.03. The molecule has 2 atom stereocenters. The van der Waals surface area contributed by atoms with E-state index < -0.39 is 17.9 Å². The van der Waals surface area contributed by atoms with E-state index in [9.17, 15) is 14.4 Å². The molecule has 0 aromatic heterocycles. The van der Waals surface area contributed by atoms with Crippen LogP contribution in [-0.2, 0) is 11.2 Å². The van der Waals surface area contributed by atoms with E-state index in [1.54, 1.807) is 24.3 Å². The third kappa shape index (κ3) is 4.73. The minimum Gasteiger partial charge on any atom is -0.352 e. The Morgan fingerprint density at radius 3 is 1.97 bits per heavy atom. The van der Waals surface area contributed by atoms with E-state index >= 15 is 0 Å². The van der Waals surface area contributed by atoms with Crippen molar-refractivity contribution < 1.29 is 14.4 Å². The van der Waals surface area contributed by atoms with Crippen LogP contribution in [0.2, 0.25) is 0 Å². The number of nitrogens with one attached hydrogen (secondary N) is 1. The lowest BCUT2D eigenvalue weighted by atomic mass is 10.0. The third-order valence-electron chi connectivity index (χ3n) is 5.28. The van der Waals surface area contributed by atoms with Crippen molar-refractivity contribution in [3.8, 4) is 0 Å². The summed E-state index contributed by atoms with van der Waals surface area (Å²) in [5.41, 5.74) is 1.62. The Morgan fingerprint density at radius 2 is 1.41 bits per heavy atom. The summed E-state index contributed by atoms with van der Waals surface area (Å²) < 4.78 is 0. The van der Waals surface area contributed by atoms with E-state index in [1.165, 1.54) is 0 Å². The average Bonchev–Trinajstić information content (AvgIpc) is 2.96. The molecule has 0 unspecified atom stereocenters. The molecule has 3 amide bonds. The predicted octanol–water partition coefficient (Wildman–Crippen LogP) is 3.83. The average molecular weight is 392 g/mol. The Labute approximate surface area is 172 Å². The van der Waals surface area contributed by atoms with E-state index in [-0.39, 0.29) is 18.4 Å². The van der Waals surface area contributed by atoms with Gasteiger partial charge in [0.15, 0.2) is 0 Å². The van der Waals surface area contributed by atoms with Crippen molar-refractivity contribution in [2.75, 3.05) is 0 Å². The first-order valence-electron chi connectivity index (χ1n) is 10.2. The number of carbonyl (C=O) groups excluding carboxylic acids is 3. The maximum Gasteiger partial charge on any atom is 0.262 e. The standard InChI is InChI=1S/C24H28N2O3/c1-16(2)13-14-17(3)25-22(27)21(15-18-9-5-4-6-10-18)26-23(28)19-11-7-8-12-20(19)24(26)29/h4-12,16-17,21H,13-15H2,1-3H3,(H,25,27)/t17-,21+/m1/s1. The lowest BCUT2D eigenvalue weighted by Gasteiger charge is -2.27. The fourth-order valence-corrected chi connectivity index (χ4v) is 3.62. The summed E-state index contributed by atoms with van der Waals surface area (Å²) in [5, 5.41) is 3.02. The Balaban J connectivity index is 1.85. The van der Waals surface area contributed by atoms with Crippen LogP contribution in [0.4, 0.5) is 0 Å². The molecule has 0 saturated carbocycles. The van der Waals surface area contributed by atoms with Crippen molar-refractivity contribution in [2.45, 2.75) is 52.1 Å². The molecule has 0 bridgehead atoms. The van der Waals surface area contributed by atoms with Gasteiger partial charge in [0.05, 0.1) is 11.1 Å². The van der Waals surface area contributed by atoms with E-state index in [0.717, 1.165) is 23.3 Å². The van der Waals surface area contributed by atoms with Crippen LogP contribution in [0.25, 0.3) is 0 Å². The highest BCUT2D eigenvalue weighted by Crippen LogP contribution is 2.26. The largest absolute Gasteiger partial charge is 0.352 e. The smallest absolute Gasteiger partial charge is 0.262 e. The van der Waals surface area contributed by atoms with Gasteiger partial charge in [-0.3, -0.25) is 19.3 Å². The molecular formula is C24H28N2O3. The van der Waals surface area contributed by atoms with Gasteiger partial charge in [-0.25, -0.2) is 0 Å². The maximum atomic E-state index is 13.2. The third-order valence-corrected chi connectivity index (χ3v) is 5.28. The van der Waals surface area contributed by atoms with Gasteiger partial charge in [0, 0.05) is 12.5 Å². The van der Waals surface area contributed by atoms with Crippen molar-refractivity contribution in [3.05, 3.63) is 71.3 Å². The molecule has 0 radical (unpaired) electrons.